The van der Waals surface area contributed by atoms with Gasteiger partial charge in [-0.3, -0.25) is 4.79 Å². The molecule has 0 saturated heterocycles. The van der Waals surface area contributed by atoms with Gasteiger partial charge in [-0.05, 0) is 31.3 Å². The fourth-order valence-corrected chi connectivity index (χ4v) is 1.02. The molecule has 14 heavy (non-hydrogen) atoms. The van der Waals surface area contributed by atoms with Gasteiger partial charge in [0.25, 0.3) is 5.91 Å². The van der Waals surface area contributed by atoms with Gasteiger partial charge in [-0.25, -0.2) is 0 Å². The summed E-state index contributed by atoms with van der Waals surface area (Å²) in [5, 5.41) is 14.7. The molecule has 1 aromatic carbocycles. The van der Waals surface area contributed by atoms with E-state index in [9.17, 15) is 4.79 Å². The molecule has 0 heterocycles. The standard InChI is InChI=1S/C10H14N2O2/c1-11-6-7-12-10(14)8-2-4-9(13)5-3-8/h2-5,11,13H,6-7H2,1H3,(H,12,14). The van der Waals surface area contributed by atoms with Crippen LogP contribution in [0.4, 0.5) is 0 Å². The Balaban J connectivity index is 2.48. The number of aromatic hydroxyl groups is 1. The molecule has 0 aliphatic rings. The maximum Gasteiger partial charge on any atom is 0.251 e. The lowest BCUT2D eigenvalue weighted by molar-refractivity contribution is 0.0954. The minimum Gasteiger partial charge on any atom is -0.508 e. The summed E-state index contributed by atoms with van der Waals surface area (Å²) in [5.74, 6) is 0.0389. The van der Waals surface area contributed by atoms with Gasteiger partial charge in [0.1, 0.15) is 5.75 Å². The van der Waals surface area contributed by atoms with Crippen molar-refractivity contribution in [2.45, 2.75) is 0 Å². The molecular formula is C10H14N2O2. The van der Waals surface area contributed by atoms with Crippen molar-refractivity contribution in [2.75, 3.05) is 20.1 Å². The number of nitrogens with one attached hydrogen (secondary N) is 2. The third-order valence-corrected chi connectivity index (χ3v) is 1.79. The molecule has 4 heteroatoms. The van der Waals surface area contributed by atoms with Crippen LogP contribution in [0.5, 0.6) is 5.75 Å². The van der Waals surface area contributed by atoms with Gasteiger partial charge in [0, 0.05) is 18.7 Å². The van der Waals surface area contributed by atoms with Gasteiger partial charge in [-0.2, -0.15) is 0 Å². The van der Waals surface area contributed by atoms with Crippen LogP contribution in [0, 0.1) is 0 Å². The molecule has 0 radical (unpaired) electrons. The van der Waals surface area contributed by atoms with Crippen LogP contribution >= 0.6 is 0 Å². The fourth-order valence-electron chi connectivity index (χ4n) is 1.02. The molecule has 1 amide bonds. The minimum absolute atomic E-state index is 0.125. The van der Waals surface area contributed by atoms with Crippen molar-refractivity contribution in [3.8, 4) is 5.75 Å². The minimum atomic E-state index is -0.125. The van der Waals surface area contributed by atoms with E-state index in [1.165, 1.54) is 12.1 Å². The Hall–Kier alpha value is -1.55. The van der Waals surface area contributed by atoms with Crippen molar-refractivity contribution < 1.29 is 9.90 Å². The number of rotatable bonds is 4. The smallest absolute Gasteiger partial charge is 0.251 e. The lowest BCUT2D eigenvalue weighted by Crippen LogP contribution is -2.30. The van der Waals surface area contributed by atoms with Crippen molar-refractivity contribution in [3.63, 3.8) is 0 Å². The summed E-state index contributed by atoms with van der Waals surface area (Å²) in [5.41, 5.74) is 0.555. The molecule has 76 valence electrons. The summed E-state index contributed by atoms with van der Waals surface area (Å²) < 4.78 is 0. The number of amides is 1. The lowest BCUT2D eigenvalue weighted by Gasteiger charge is -2.04. The SMILES string of the molecule is CNCCNC(=O)c1ccc(O)cc1. The summed E-state index contributed by atoms with van der Waals surface area (Å²) in [6, 6.07) is 6.16. The van der Waals surface area contributed by atoms with E-state index in [0.717, 1.165) is 6.54 Å². The van der Waals surface area contributed by atoms with Gasteiger partial charge in [-0.15, -0.1) is 0 Å². The number of carbonyl (C=O) groups excluding carboxylic acids is 1. The maximum absolute atomic E-state index is 11.4. The highest BCUT2D eigenvalue weighted by molar-refractivity contribution is 5.94. The molecule has 0 atom stereocenters. The average Bonchev–Trinajstić information content (AvgIpc) is 2.19. The molecule has 0 fully saturated rings. The zero-order valence-electron chi connectivity index (χ0n) is 8.08. The Morgan fingerprint density at radius 3 is 2.50 bits per heavy atom. The topological polar surface area (TPSA) is 61.4 Å². The van der Waals surface area contributed by atoms with Gasteiger partial charge in [0.2, 0.25) is 0 Å². The highest BCUT2D eigenvalue weighted by Crippen LogP contribution is 2.08. The van der Waals surface area contributed by atoms with Gasteiger partial charge in [0.15, 0.2) is 0 Å². The third-order valence-electron chi connectivity index (χ3n) is 1.79. The van der Waals surface area contributed by atoms with Crippen LogP contribution in [-0.2, 0) is 0 Å². The highest BCUT2D eigenvalue weighted by atomic mass is 16.3. The van der Waals surface area contributed by atoms with Crippen LogP contribution in [0.1, 0.15) is 10.4 Å². The average molecular weight is 194 g/mol. The molecule has 3 N–H and O–H groups in total. The zero-order chi connectivity index (χ0) is 10.4. The Kier molecular flexibility index (Phi) is 3.94. The largest absolute Gasteiger partial charge is 0.508 e. The summed E-state index contributed by atoms with van der Waals surface area (Å²) in [6.07, 6.45) is 0. The van der Waals surface area contributed by atoms with Crippen molar-refractivity contribution in [3.05, 3.63) is 29.8 Å². The lowest BCUT2D eigenvalue weighted by atomic mass is 10.2. The maximum atomic E-state index is 11.4. The zero-order valence-corrected chi connectivity index (χ0v) is 8.08. The van der Waals surface area contributed by atoms with E-state index in [1.54, 1.807) is 12.1 Å². The summed E-state index contributed by atoms with van der Waals surface area (Å²) in [4.78, 5) is 11.4. The summed E-state index contributed by atoms with van der Waals surface area (Å²) in [7, 11) is 1.83. The number of hydrogen-bond acceptors (Lipinski definition) is 3. The first kappa shape index (κ1) is 10.5. The normalized spacial score (nSPS) is 9.79. The molecule has 1 rings (SSSR count). The number of benzene rings is 1. The van der Waals surface area contributed by atoms with Gasteiger partial charge in [-0.1, -0.05) is 0 Å². The third kappa shape index (κ3) is 3.06. The number of phenolic OH excluding ortho intramolecular Hbond substituents is 1. The van der Waals surface area contributed by atoms with Crippen molar-refractivity contribution in [1.82, 2.24) is 10.6 Å². The molecule has 0 bridgehead atoms. The quantitative estimate of drug-likeness (QED) is 0.606. The Bertz CT molecular complexity index is 295. The van der Waals surface area contributed by atoms with E-state index in [-0.39, 0.29) is 11.7 Å². The Morgan fingerprint density at radius 2 is 1.93 bits per heavy atom. The van der Waals surface area contributed by atoms with Crippen LogP contribution in [0.3, 0.4) is 0 Å². The second-order valence-electron chi connectivity index (χ2n) is 2.91. The number of likely N-dealkylation sites (N-methyl/N-ethyl adjacent to an activating group) is 1. The second-order valence-corrected chi connectivity index (χ2v) is 2.91. The van der Waals surface area contributed by atoms with Crippen LogP contribution in [0.25, 0.3) is 0 Å². The first-order chi connectivity index (χ1) is 6.74. The second kappa shape index (κ2) is 5.24. The first-order valence-electron chi connectivity index (χ1n) is 4.46. The van der Waals surface area contributed by atoms with Crippen molar-refractivity contribution >= 4 is 5.91 Å². The molecule has 0 unspecified atom stereocenters. The molecule has 0 aliphatic carbocycles. The molecule has 0 saturated carbocycles. The molecule has 4 nitrogen and oxygen atoms in total. The van der Waals surface area contributed by atoms with Crippen molar-refractivity contribution in [2.24, 2.45) is 0 Å². The van der Waals surface area contributed by atoms with E-state index in [1.807, 2.05) is 7.05 Å². The number of hydrogen-bond donors (Lipinski definition) is 3. The van der Waals surface area contributed by atoms with Crippen molar-refractivity contribution in [1.29, 1.82) is 0 Å². The predicted molar refractivity (Wildman–Crippen MR) is 54.4 cm³/mol. The predicted octanol–water partition coefficient (Wildman–Crippen LogP) is 0.341. The molecule has 0 aromatic heterocycles. The van der Waals surface area contributed by atoms with Crippen LogP contribution < -0.4 is 10.6 Å². The van der Waals surface area contributed by atoms with Gasteiger partial charge < -0.3 is 15.7 Å². The Morgan fingerprint density at radius 1 is 1.29 bits per heavy atom. The van der Waals surface area contributed by atoms with E-state index in [0.29, 0.717) is 12.1 Å². The highest BCUT2D eigenvalue weighted by Gasteiger charge is 2.03. The number of phenols is 1. The molecule has 0 spiro atoms. The summed E-state index contributed by atoms with van der Waals surface area (Å²) in [6.45, 7) is 1.33. The van der Waals surface area contributed by atoms with Crippen LogP contribution in [0.2, 0.25) is 0 Å². The first-order valence-corrected chi connectivity index (χ1v) is 4.46. The van der Waals surface area contributed by atoms with Crippen LogP contribution in [0.15, 0.2) is 24.3 Å². The van der Waals surface area contributed by atoms with E-state index < -0.39 is 0 Å². The van der Waals surface area contributed by atoms with Gasteiger partial charge >= 0.3 is 0 Å². The van der Waals surface area contributed by atoms with E-state index in [4.69, 9.17) is 5.11 Å². The molecule has 0 aliphatic heterocycles. The summed E-state index contributed by atoms with van der Waals surface area (Å²) >= 11 is 0. The molecular weight excluding hydrogens is 180 g/mol. The van der Waals surface area contributed by atoms with E-state index >= 15 is 0 Å². The Labute approximate surface area is 82.9 Å². The van der Waals surface area contributed by atoms with E-state index in [2.05, 4.69) is 10.6 Å². The monoisotopic (exact) mass is 194 g/mol. The number of carbonyl (C=O) groups is 1. The molecule has 1 aromatic rings. The fraction of sp³-hybridized carbons (Fsp3) is 0.300. The van der Waals surface area contributed by atoms with Gasteiger partial charge in [0.05, 0.1) is 0 Å². The van der Waals surface area contributed by atoms with Crippen LogP contribution in [-0.4, -0.2) is 31.2 Å².